The van der Waals surface area contributed by atoms with Gasteiger partial charge in [-0.3, -0.25) is 4.79 Å². The Morgan fingerprint density at radius 2 is 1.02 bits per heavy atom. The molecule has 0 aromatic carbocycles. The minimum atomic E-state index is -1.21. The number of amides is 2. The predicted molar refractivity (Wildman–Crippen MR) is 166 cm³/mol. The first-order valence-corrected chi connectivity index (χ1v) is 22.4. The van der Waals surface area contributed by atoms with Crippen molar-refractivity contribution in [1.29, 1.82) is 0 Å². The van der Waals surface area contributed by atoms with E-state index in [1.54, 1.807) is 13.8 Å². The third-order valence-electron chi connectivity index (χ3n) is 6.90. The number of ether oxygens (including phenoxy) is 4. The number of aliphatic carboxylic acids is 1. The molecular weight excluding hydrogens is 594 g/mol. The van der Waals surface area contributed by atoms with Gasteiger partial charge >= 0.3 is 30.1 Å². The molecule has 2 amide bonds. The molecule has 0 aromatic heterocycles. The van der Waals surface area contributed by atoms with Crippen molar-refractivity contribution >= 4 is 46.2 Å². The molecule has 3 rings (SSSR count). The molecule has 0 atom stereocenters. The zero-order chi connectivity index (χ0) is 33.1. The summed E-state index contributed by atoms with van der Waals surface area (Å²) in [7, 11) is -2.41. The van der Waals surface area contributed by atoms with Crippen molar-refractivity contribution in [2.24, 2.45) is 5.73 Å². The van der Waals surface area contributed by atoms with Crippen LogP contribution in [-0.4, -0.2) is 94.4 Å². The van der Waals surface area contributed by atoms with Crippen molar-refractivity contribution in [3.05, 3.63) is 0 Å². The molecule has 0 aromatic rings. The lowest BCUT2D eigenvalue weighted by Gasteiger charge is -2.18. The summed E-state index contributed by atoms with van der Waals surface area (Å²) in [5.41, 5.74) is 3.04. The largest absolute Gasteiger partial charge is 0.480 e. The third kappa shape index (κ3) is 15.1. The number of hydrogen-bond donors (Lipinski definition) is 4. The number of alkyl carbamates (subject to hydrolysis) is 2. The van der Waals surface area contributed by atoms with Gasteiger partial charge in [0.05, 0.1) is 26.4 Å². The number of carbonyl (C=O) groups excluding carboxylic acids is 4. The fraction of sp³-hybridized carbons (Fsp3) is 0.821. The maximum absolute atomic E-state index is 11.6. The van der Waals surface area contributed by atoms with Crippen LogP contribution in [0.2, 0.25) is 51.4 Å². The number of hydrogen-bond acceptors (Lipinski definition) is 10. The van der Waals surface area contributed by atoms with Crippen LogP contribution < -0.4 is 16.4 Å². The monoisotopic (exact) mass is 647 g/mol. The highest BCUT2D eigenvalue weighted by atomic mass is 28.3. The van der Waals surface area contributed by atoms with Gasteiger partial charge in [0.1, 0.15) is 16.6 Å². The van der Waals surface area contributed by atoms with Gasteiger partial charge in [-0.25, -0.2) is 19.2 Å². The highest BCUT2D eigenvalue weighted by Crippen LogP contribution is 2.37. The second-order valence-electron chi connectivity index (χ2n) is 13.7. The minimum absolute atomic E-state index is 0.245. The Labute approximate surface area is 257 Å². The summed E-state index contributed by atoms with van der Waals surface area (Å²) < 4.78 is 19.7. The molecule has 0 heterocycles. The van der Waals surface area contributed by atoms with Gasteiger partial charge in [0.2, 0.25) is 0 Å². The lowest BCUT2D eigenvalue weighted by atomic mass is 10.3. The van der Waals surface area contributed by atoms with Gasteiger partial charge in [0, 0.05) is 16.1 Å². The standard InChI is InChI=1S/C12H23NO4Si.C10H19NO4Si.C6H11NO2/c1-5-16-10(14)12(6-7-12)13-11(15)17-8-9-18(2,3)4;1-16(2,3)7-6-15-9(14)11-10(4-5-10)8(12)13;1-2-9-5(8)6(7)3-4-6/h5-9H2,1-4H3,(H,13,15);4-7H2,1-3H3,(H,11,14)(H,12,13);2-4,7H2,1H3. The number of esters is 2. The van der Waals surface area contributed by atoms with Crippen LogP contribution in [0.5, 0.6) is 0 Å². The van der Waals surface area contributed by atoms with Gasteiger partial charge in [-0.2, -0.15) is 0 Å². The molecule has 3 aliphatic rings. The molecule has 43 heavy (non-hydrogen) atoms. The van der Waals surface area contributed by atoms with E-state index in [0.717, 1.165) is 24.9 Å². The van der Waals surface area contributed by atoms with Crippen LogP contribution in [0.4, 0.5) is 9.59 Å². The van der Waals surface area contributed by atoms with Crippen molar-refractivity contribution in [2.45, 2.75) is 120 Å². The highest BCUT2D eigenvalue weighted by Gasteiger charge is 2.53. The van der Waals surface area contributed by atoms with Crippen LogP contribution in [0.15, 0.2) is 0 Å². The molecule has 0 aliphatic heterocycles. The lowest BCUT2D eigenvalue weighted by Crippen LogP contribution is -2.44. The number of rotatable bonds is 13. The molecule has 0 bridgehead atoms. The van der Waals surface area contributed by atoms with Gasteiger partial charge in [-0.05, 0) is 64.5 Å². The molecule has 0 spiro atoms. The van der Waals surface area contributed by atoms with Crippen molar-refractivity contribution in [3.63, 3.8) is 0 Å². The van der Waals surface area contributed by atoms with Gasteiger partial charge < -0.3 is 40.4 Å². The minimum Gasteiger partial charge on any atom is -0.480 e. The molecule has 13 nitrogen and oxygen atoms in total. The van der Waals surface area contributed by atoms with E-state index in [2.05, 4.69) is 49.9 Å². The molecule has 248 valence electrons. The average Bonchev–Trinajstić information content (AvgIpc) is 3.74. The molecule has 0 unspecified atom stereocenters. The van der Waals surface area contributed by atoms with E-state index in [0.29, 0.717) is 52.1 Å². The van der Waals surface area contributed by atoms with Crippen molar-refractivity contribution < 1.29 is 48.0 Å². The van der Waals surface area contributed by atoms with E-state index in [1.807, 2.05) is 0 Å². The molecule has 0 saturated heterocycles. The molecule has 3 aliphatic carbocycles. The summed E-state index contributed by atoms with van der Waals surface area (Å²) in [6.45, 7) is 18.3. The second-order valence-corrected chi connectivity index (χ2v) is 25.0. The topological polar surface area (TPSA) is 193 Å². The zero-order valence-corrected chi connectivity index (χ0v) is 29.2. The smallest absolute Gasteiger partial charge is 0.408 e. The van der Waals surface area contributed by atoms with Crippen LogP contribution in [0.1, 0.15) is 52.4 Å². The van der Waals surface area contributed by atoms with Crippen LogP contribution in [0.3, 0.4) is 0 Å². The number of nitrogens with one attached hydrogen (secondary N) is 2. The van der Waals surface area contributed by atoms with E-state index in [-0.39, 0.29) is 11.9 Å². The van der Waals surface area contributed by atoms with Crippen LogP contribution >= 0.6 is 0 Å². The van der Waals surface area contributed by atoms with Crippen LogP contribution in [-0.2, 0) is 33.3 Å². The number of carboxylic acid groups (broad SMARTS) is 1. The van der Waals surface area contributed by atoms with Crippen LogP contribution in [0.25, 0.3) is 0 Å². The Hall–Kier alpha value is -2.66. The van der Waals surface area contributed by atoms with Crippen molar-refractivity contribution in [1.82, 2.24) is 10.6 Å². The quantitative estimate of drug-likeness (QED) is 0.129. The Morgan fingerprint density at radius 1 is 0.651 bits per heavy atom. The van der Waals surface area contributed by atoms with Gasteiger partial charge in [0.15, 0.2) is 0 Å². The summed E-state index contributed by atoms with van der Waals surface area (Å²) in [6.07, 6.45) is 2.69. The first-order valence-electron chi connectivity index (χ1n) is 15.0. The molecule has 3 saturated carbocycles. The van der Waals surface area contributed by atoms with Crippen LogP contribution in [0, 0.1) is 0 Å². The zero-order valence-electron chi connectivity index (χ0n) is 27.2. The van der Waals surface area contributed by atoms with E-state index in [1.165, 1.54) is 0 Å². The normalized spacial score (nSPS) is 18.1. The molecule has 5 N–H and O–H groups in total. The Kier molecular flexibility index (Phi) is 14.2. The van der Waals surface area contributed by atoms with Crippen molar-refractivity contribution in [3.8, 4) is 0 Å². The highest BCUT2D eigenvalue weighted by molar-refractivity contribution is 6.76. The maximum atomic E-state index is 11.6. The van der Waals surface area contributed by atoms with E-state index < -0.39 is 50.9 Å². The van der Waals surface area contributed by atoms with E-state index in [9.17, 15) is 24.0 Å². The number of carbonyl (C=O) groups is 5. The van der Waals surface area contributed by atoms with Gasteiger partial charge in [0.25, 0.3) is 0 Å². The Morgan fingerprint density at radius 3 is 1.33 bits per heavy atom. The van der Waals surface area contributed by atoms with Crippen molar-refractivity contribution in [2.75, 3.05) is 26.4 Å². The predicted octanol–water partition coefficient (Wildman–Crippen LogP) is 3.86. The molecule has 3 fully saturated rings. The lowest BCUT2D eigenvalue weighted by molar-refractivity contribution is -0.147. The molecule has 15 heteroatoms. The summed E-state index contributed by atoms with van der Waals surface area (Å²) >= 11 is 0. The Balaban J connectivity index is 0.000000339. The molecule has 0 radical (unpaired) electrons. The van der Waals surface area contributed by atoms with E-state index in [4.69, 9.17) is 29.8 Å². The summed E-state index contributed by atoms with van der Waals surface area (Å²) in [4.78, 5) is 56.1. The molecular formula is C28H53N3O10Si2. The summed E-state index contributed by atoms with van der Waals surface area (Å²) in [6, 6.07) is 1.81. The average molecular weight is 648 g/mol. The second kappa shape index (κ2) is 15.9. The third-order valence-corrected chi connectivity index (χ3v) is 10.3. The fourth-order valence-electron chi connectivity index (χ4n) is 3.27. The van der Waals surface area contributed by atoms with Gasteiger partial charge in [-0.15, -0.1) is 0 Å². The Bertz CT molecular complexity index is 982. The fourth-order valence-corrected chi connectivity index (χ4v) is 4.70. The van der Waals surface area contributed by atoms with Gasteiger partial charge in [-0.1, -0.05) is 39.3 Å². The maximum Gasteiger partial charge on any atom is 0.408 e. The first-order chi connectivity index (χ1) is 19.7. The number of nitrogens with two attached hydrogens (primary N) is 1. The summed E-state index contributed by atoms with van der Waals surface area (Å²) in [5, 5.41) is 13.9. The van der Waals surface area contributed by atoms with E-state index >= 15 is 0 Å². The first kappa shape index (κ1) is 38.4. The SMILES string of the molecule is CCOC(=O)C1(N)CC1.CCOC(=O)C1(NC(=O)OCC[Si](C)(C)C)CC1.C[Si](C)(C)CCOC(=O)NC1(C(=O)O)CC1. The number of carboxylic acids is 1. The summed E-state index contributed by atoms with van der Waals surface area (Å²) in [5.74, 6) is -1.58.